The zero-order valence-electron chi connectivity index (χ0n) is 12.1. The van der Waals surface area contributed by atoms with Crippen LogP contribution in [-0.2, 0) is 4.74 Å². The van der Waals surface area contributed by atoms with Crippen LogP contribution in [0.3, 0.4) is 0 Å². The summed E-state index contributed by atoms with van der Waals surface area (Å²) in [6, 6.07) is 2.80. The Labute approximate surface area is 129 Å². The maximum absolute atomic E-state index is 14.0. The van der Waals surface area contributed by atoms with E-state index in [-0.39, 0.29) is 23.4 Å². The first-order chi connectivity index (χ1) is 10.2. The highest BCUT2D eigenvalue weighted by molar-refractivity contribution is 7.99. The summed E-state index contributed by atoms with van der Waals surface area (Å²) < 4.78 is 20.1. The van der Waals surface area contributed by atoms with Crippen LogP contribution in [0.15, 0.2) is 18.3 Å². The molecule has 3 rings (SSSR count). The van der Waals surface area contributed by atoms with E-state index in [0.717, 1.165) is 43.8 Å². The molecule has 0 aromatic carbocycles. The molecule has 1 spiro atoms. The number of hydrogen-bond donors (Lipinski definition) is 2. The molecule has 0 saturated carbocycles. The monoisotopic (exact) mass is 311 g/mol. The summed E-state index contributed by atoms with van der Waals surface area (Å²) in [5.41, 5.74) is 3.18. The summed E-state index contributed by atoms with van der Waals surface area (Å²) in [5, 5.41) is 0. The lowest BCUT2D eigenvalue weighted by Gasteiger charge is -2.45. The number of hydrazine groups is 1. The fraction of sp³-hybridized carbons (Fsp3) is 0.667. The number of halogens is 1. The Balaban J connectivity index is 1.79. The largest absolute Gasteiger partial charge is 0.375 e. The molecule has 0 amide bonds. The zero-order chi connectivity index (χ0) is 14.7. The molecule has 3 heterocycles. The van der Waals surface area contributed by atoms with Gasteiger partial charge < -0.3 is 4.74 Å². The van der Waals surface area contributed by atoms with E-state index in [9.17, 15) is 4.39 Å². The standard InChI is InChI=1S/C15H22FN3OS/c16-12-2-1-6-18-14(12)13(19-17)11-3-7-20-15(10-11)4-8-21-9-5-15/h1-2,6,11,13,19H,3-5,7-10,17H2. The lowest BCUT2D eigenvalue weighted by atomic mass is 9.78. The van der Waals surface area contributed by atoms with Crippen LogP contribution in [0.1, 0.15) is 37.4 Å². The van der Waals surface area contributed by atoms with Gasteiger partial charge in [-0.2, -0.15) is 11.8 Å². The van der Waals surface area contributed by atoms with Crippen LogP contribution in [0.25, 0.3) is 0 Å². The van der Waals surface area contributed by atoms with Crippen molar-refractivity contribution in [1.82, 2.24) is 10.4 Å². The first-order valence-electron chi connectivity index (χ1n) is 7.52. The van der Waals surface area contributed by atoms with E-state index < -0.39 is 0 Å². The van der Waals surface area contributed by atoms with Gasteiger partial charge in [0.2, 0.25) is 0 Å². The van der Waals surface area contributed by atoms with Crippen molar-refractivity contribution in [2.75, 3.05) is 18.1 Å². The minimum Gasteiger partial charge on any atom is -0.375 e. The Kier molecular flexibility index (Phi) is 4.78. The molecule has 2 fully saturated rings. The number of aromatic nitrogens is 1. The summed E-state index contributed by atoms with van der Waals surface area (Å²) in [7, 11) is 0. The van der Waals surface area contributed by atoms with E-state index in [1.165, 1.54) is 6.07 Å². The summed E-state index contributed by atoms with van der Waals surface area (Å²) in [6.45, 7) is 0.724. The van der Waals surface area contributed by atoms with Crippen LogP contribution in [0.2, 0.25) is 0 Å². The molecule has 2 atom stereocenters. The summed E-state index contributed by atoms with van der Waals surface area (Å²) in [5.74, 6) is 7.98. The van der Waals surface area contributed by atoms with E-state index in [1.807, 2.05) is 11.8 Å². The quantitative estimate of drug-likeness (QED) is 0.663. The number of pyridine rings is 1. The molecule has 2 saturated heterocycles. The molecule has 0 radical (unpaired) electrons. The highest BCUT2D eigenvalue weighted by atomic mass is 32.2. The molecule has 21 heavy (non-hydrogen) atoms. The van der Waals surface area contributed by atoms with E-state index in [0.29, 0.717) is 5.69 Å². The van der Waals surface area contributed by atoms with Crippen molar-refractivity contribution >= 4 is 11.8 Å². The first kappa shape index (κ1) is 15.2. The van der Waals surface area contributed by atoms with Gasteiger partial charge in [0.15, 0.2) is 0 Å². The zero-order valence-corrected chi connectivity index (χ0v) is 12.9. The predicted molar refractivity (Wildman–Crippen MR) is 82.2 cm³/mol. The Morgan fingerprint density at radius 1 is 1.48 bits per heavy atom. The maximum Gasteiger partial charge on any atom is 0.146 e. The molecule has 2 unspecified atom stereocenters. The fourth-order valence-corrected chi connectivity index (χ4v) is 4.74. The second kappa shape index (κ2) is 6.60. The van der Waals surface area contributed by atoms with Crippen molar-refractivity contribution < 1.29 is 9.13 Å². The smallest absolute Gasteiger partial charge is 0.146 e. The van der Waals surface area contributed by atoms with Crippen molar-refractivity contribution in [3.05, 3.63) is 29.8 Å². The molecule has 1 aromatic heterocycles. The predicted octanol–water partition coefficient (Wildman–Crippen LogP) is 2.42. The number of rotatable bonds is 3. The average Bonchev–Trinajstić information content (AvgIpc) is 2.51. The van der Waals surface area contributed by atoms with Crippen molar-refractivity contribution in [2.45, 2.75) is 37.3 Å². The van der Waals surface area contributed by atoms with Gasteiger partial charge in [-0.25, -0.2) is 4.39 Å². The van der Waals surface area contributed by atoms with Gasteiger partial charge in [0.1, 0.15) is 5.82 Å². The van der Waals surface area contributed by atoms with Crippen LogP contribution in [-0.4, -0.2) is 28.7 Å². The number of ether oxygens (including phenoxy) is 1. The average molecular weight is 311 g/mol. The van der Waals surface area contributed by atoms with Crippen molar-refractivity contribution in [1.29, 1.82) is 0 Å². The third-order valence-electron chi connectivity index (χ3n) is 4.67. The Hall–Kier alpha value is -0.690. The molecule has 4 nitrogen and oxygen atoms in total. The van der Waals surface area contributed by atoms with E-state index in [1.54, 1.807) is 12.3 Å². The number of thioether (sulfide) groups is 1. The highest BCUT2D eigenvalue weighted by Gasteiger charge is 2.41. The molecule has 116 valence electrons. The summed E-state index contributed by atoms with van der Waals surface area (Å²) in [6.07, 6.45) is 5.60. The van der Waals surface area contributed by atoms with Gasteiger partial charge in [-0.3, -0.25) is 16.3 Å². The number of nitrogens with zero attached hydrogens (tertiary/aromatic N) is 1. The van der Waals surface area contributed by atoms with Crippen molar-refractivity contribution in [3.63, 3.8) is 0 Å². The van der Waals surface area contributed by atoms with Crippen LogP contribution in [0.4, 0.5) is 4.39 Å². The van der Waals surface area contributed by atoms with Crippen molar-refractivity contribution in [2.24, 2.45) is 11.8 Å². The lowest BCUT2D eigenvalue weighted by Crippen LogP contribution is -2.47. The highest BCUT2D eigenvalue weighted by Crippen LogP contribution is 2.43. The molecule has 6 heteroatoms. The molecule has 2 aliphatic rings. The summed E-state index contributed by atoms with van der Waals surface area (Å²) >= 11 is 1.98. The van der Waals surface area contributed by atoms with Gasteiger partial charge >= 0.3 is 0 Å². The summed E-state index contributed by atoms with van der Waals surface area (Å²) in [4.78, 5) is 4.20. The molecule has 0 bridgehead atoms. The topological polar surface area (TPSA) is 60.2 Å². The number of hydrogen-bond acceptors (Lipinski definition) is 5. The Bertz CT molecular complexity index is 476. The molecule has 1 aromatic rings. The van der Waals surface area contributed by atoms with E-state index in [2.05, 4.69) is 10.4 Å². The van der Waals surface area contributed by atoms with Crippen LogP contribution in [0.5, 0.6) is 0 Å². The first-order valence-corrected chi connectivity index (χ1v) is 8.68. The number of nitrogens with one attached hydrogen (secondary N) is 1. The van der Waals surface area contributed by atoms with Crippen LogP contribution in [0, 0.1) is 11.7 Å². The minimum atomic E-state index is -0.291. The molecular formula is C15H22FN3OS. The lowest BCUT2D eigenvalue weighted by molar-refractivity contribution is -0.108. The fourth-order valence-electron chi connectivity index (χ4n) is 3.51. The Morgan fingerprint density at radius 2 is 2.29 bits per heavy atom. The molecular weight excluding hydrogens is 289 g/mol. The van der Waals surface area contributed by atoms with Crippen LogP contribution < -0.4 is 11.3 Å². The third kappa shape index (κ3) is 3.23. The minimum absolute atomic E-state index is 0.0332. The second-order valence-electron chi connectivity index (χ2n) is 5.91. The van der Waals surface area contributed by atoms with Gasteiger partial charge in [-0.05, 0) is 55.2 Å². The van der Waals surface area contributed by atoms with Crippen molar-refractivity contribution in [3.8, 4) is 0 Å². The van der Waals surface area contributed by atoms with E-state index >= 15 is 0 Å². The van der Waals surface area contributed by atoms with Crippen LogP contribution >= 0.6 is 11.8 Å². The third-order valence-corrected chi connectivity index (χ3v) is 5.65. The Morgan fingerprint density at radius 3 is 3.00 bits per heavy atom. The van der Waals surface area contributed by atoms with Gasteiger partial charge in [-0.15, -0.1) is 0 Å². The maximum atomic E-state index is 14.0. The van der Waals surface area contributed by atoms with Gasteiger partial charge in [0, 0.05) is 12.8 Å². The normalized spacial score (nSPS) is 26.7. The van der Waals surface area contributed by atoms with Gasteiger partial charge in [-0.1, -0.05) is 0 Å². The SMILES string of the molecule is NNC(c1ncccc1F)C1CCOC2(CCSCC2)C1. The number of nitrogens with two attached hydrogens (primary N) is 1. The van der Waals surface area contributed by atoms with Gasteiger partial charge in [0.05, 0.1) is 17.3 Å². The molecule has 3 N–H and O–H groups in total. The molecule has 0 aliphatic carbocycles. The van der Waals surface area contributed by atoms with Gasteiger partial charge in [0.25, 0.3) is 0 Å². The second-order valence-corrected chi connectivity index (χ2v) is 7.14. The van der Waals surface area contributed by atoms with E-state index in [4.69, 9.17) is 10.6 Å². The molecule has 2 aliphatic heterocycles.